The van der Waals surface area contributed by atoms with Gasteiger partial charge in [-0.3, -0.25) is 0 Å². The lowest BCUT2D eigenvalue weighted by Gasteiger charge is -2.16. The summed E-state index contributed by atoms with van der Waals surface area (Å²) in [5, 5.41) is 5.36. The van der Waals surface area contributed by atoms with Crippen molar-refractivity contribution in [3.8, 4) is 11.5 Å². The Morgan fingerprint density at radius 2 is 1.72 bits per heavy atom. The highest BCUT2D eigenvalue weighted by atomic mass is 35.5. The fourth-order valence-corrected chi connectivity index (χ4v) is 3.94. The molecule has 2 N–H and O–H groups in total. The van der Waals surface area contributed by atoms with E-state index in [0.717, 1.165) is 24.1 Å². The summed E-state index contributed by atoms with van der Waals surface area (Å²) in [5.41, 5.74) is 4.65. The second-order valence-electron chi connectivity index (χ2n) is 7.40. The van der Waals surface area contributed by atoms with Crippen molar-refractivity contribution in [1.29, 1.82) is 0 Å². The topological polar surface area (TPSA) is 46.3 Å². The number of fused-ring (bicyclic) bond motifs is 1. The number of nitrogens with one attached hydrogen (secondary N) is 2. The van der Waals surface area contributed by atoms with Crippen LogP contribution in [0, 0.1) is 0 Å². The molecule has 0 unspecified atom stereocenters. The van der Waals surface area contributed by atoms with Gasteiger partial charge in [-0.05, 0) is 54.8 Å². The van der Waals surface area contributed by atoms with Gasteiger partial charge in [-0.25, -0.2) is 0 Å². The highest BCUT2D eigenvalue weighted by Crippen LogP contribution is 2.37. The second-order valence-corrected chi connectivity index (χ2v) is 7.81. The first-order valence-corrected chi connectivity index (χ1v) is 11.0. The van der Waals surface area contributed by atoms with Crippen LogP contribution in [0.4, 0.5) is 0 Å². The van der Waals surface area contributed by atoms with Gasteiger partial charge in [-0.1, -0.05) is 60.1 Å². The molecule has 0 radical (unpaired) electrons. The van der Waals surface area contributed by atoms with Crippen LogP contribution < -0.4 is 14.8 Å². The average molecular weight is 471 g/mol. The number of halogens is 2. The van der Waals surface area contributed by atoms with Crippen molar-refractivity contribution in [3.05, 3.63) is 94.6 Å². The van der Waals surface area contributed by atoms with Crippen LogP contribution >= 0.6 is 24.0 Å². The molecule has 6 heteroatoms. The molecule has 1 aromatic heterocycles. The molecule has 4 nitrogen and oxygen atoms in total. The molecule has 0 fully saturated rings. The molecule has 0 aliphatic rings. The Labute approximate surface area is 200 Å². The van der Waals surface area contributed by atoms with Crippen LogP contribution in [-0.4, -0.2) is 18.1 Å². The standard InChI is InChI=1S/C26H27ClN2O2.ClH/c1-2-30-25-15-20(14-23(27)26(25)31-18-19-8-4-3-5-9-19)16-28-13-12-21-17-29-24-11-7-6-10-22(21)24;/h3-11,14-15,17,28-29H,2,12-13,16,18H2,1H3;1H. The van der Waals surface area contributed by atoms with Crippen molar-refractivity contribution >= 4 is 34.9 Å². The Kier molecular flexibility index (Phi) is 8.86. The molecule has 0 spiro atoms. The quantitative estimate of drug-likeness (QED) is 0.258. The van der Waals surface area contributed by atoms with Crippen LogP contribution in [0.1, 0.15) is 23.6 Å². The molecule has 0 aliphatic heterocycles. The smallest absolute Gasteiger partial charge is 0.180 e. The van der Waals surface area contributed by atoms with Crippen LogP contribution in [0.3, 0.4) is 0 Å². The maximum atomic E-state index is 6.56. The van der Waals surface area contributed by atoms with Gasteiger partial charge in [0.05, 0.1) is 11.6 Å². The highest BCUT2D eigenvalue weighted by molar-refractivity contribution is 6.32. The predicted molar refractivity (Wildman–Crippen MR) is 134 cm³/mol. The van der Waals surface area contributed by atoms with E-state index < -0.39 is 0 Å². The third-order valence-corrected chi connectivity index (χ3v) is 5.45. The number of hydrogen-bond donors (Lipinski definition) is 2. The Bertz CT molecular complexity index is 1130. The summed E-state index contributed by atoms with van der Waals surface area (Å²) in [6, 6.07) is 22.4. The number of benzene rings is 3. The number of para-hydroxylation sites is 1. The minimum absolute atomic E-state index is 0. The van der Waals surface area contributed by atoms with Crippen molar-refractivity contribution in [1.82, 2.24) is 10.3 Å². The van der Waals surface area contributed by atoms with Gasteiger partial charge < -0.3 is 19.8 Å². The molecule has 32 heavy (non-hydrogen) atoms. The molecule has 4 rings (SSSR count). The maximum Gasteiger partial charge on any atom is 0.180 e. The van der Waals surface area contributed by atoms with E-state index in [1.807, 2.05) is 55.5 Å². The van der Waals surface area contributed by atoms with Gasteiger partial charge in [0, 0.05) is 23.6 Å². The number of aromatic nitrogens is 1. The maximum absolute atomic E-state index is 6.56. The van der Waals surface area contributed by atoms with Crippen LogP contribution in [-0.2, 0) is 19.6 Å². The first-order chi connectivity index (χ1) is 15.2. The van der Waals surface area contributed by atoms with E-state index in [2.05, 4.69) is 34.7 Å². The van der Waals surface area contributed by atoms with Gasteiger partial charge in [-0.15, -0.1) is 12.4 Å². The van der Waals surface area contributed by atoms with E-state index in [1.54, 1.807) is 0 Å². The molecule has 3 aromatic carbocycles. The molecule has 0 saturated carbocycles. The Morgan fingerprint density at radius 3 is 2.53 bits per heavy atom. The van der Waals surface area contributed by atoms with Gasteiger partial charge in [0.25, 0.3) is 0 Å². The molecule has 0 bridgehead atoms. The Morgan fingerprint density at radius 1 is 0.938 bits per heavy atom. The predicted octanol–water partition coefficient (Wildman–Crippen LogP) is 6.55. The average Bonchev–Trinajstić information content (AvgIpc) is 3.20. The molecule has 0 atom stereocenters. The third kappa shape index (κ3) is 5.98. The van der Waals surface area contributed by atoms with Crippen LogP contribution in [0.2, 0.25) is 5.02 Å². The zero-order chi connectivity index (χ0) is 21.5. The van der Waals surface area contributed by atoms with Crippen molar-refractivity contribution in [2.45, 2.75) is 26.5 Å². The minimum Gasteiger partial charge on any atom is -0.490 e. The van der Waals surface area contributed by atoms with Gasteiger partial charge >= 0.3 is 0 Å². The molecular weight excluding hydrogens is 443 g/mol. The lowest BCUT2D eigenvalue weighted by molar-refractivity contribution is 0.269. The number of rotatable bonds is 10. The molecule has 4 aromatic rings. The SMILES string of the molecule is CCOc1cc(CNCCc2c[nH]c3ccccc23)cc(Cl)c1OCc1ccccc1.Cl. The Hall–Kier alpha value is -2.66. The highest BCUT2D eigenvalue weighted by Gasteiger charge is 2.13. The van der Waals surface area contributed by atoms with E-state index in [0.29, 0.717) is 36.3 Å². The van der Waals surface area contributed by atoms with E-state index in [4.69, 9.17) is 21.1 Å². The van der Waals surface area contributed by atoms with Crippen molar-refractivity contribution in [2.24, 2.45) is 0 Å². The van der Waals surface area contributed by atoms with E-state index in [-0.39, 0.29) is 12.4 Å². The molecule has 168 valence electrons. The monoisotopic (exact) mass is 470 g/mol. The zero-order valence-electron chi connectivity index (χ0n) is 18.1. The zero-order valence-corrected chi connectivity index (χ0v) is 19.6. The molecule has 0 saturated heterocycles. The van der Waals surface area contributed by atoms with Crippen LogP contribution in [0.25, 0.3) is 10.9 Å². The largest absolute Gasteiger partial charge is 0.490 e. The first kappa shape index (κ1) is 24.0. The van der Waals surface area contributed by atoms with Crippen LogP contribution in [0.15, 0.2) is 72.9 Å². The number of H-pyrrole nitrogens is 1. The van der Waals surface area contributed by atoms with Gasteiger partial charge in [0.1, 0.15) is 6.61 Å². The molecule has 0 aliphatic carbocycles. The van der Waals surface area contributed by atoms with Gasteiger partial charge in [0.15, 0.2) is 11.5 Å². The van der Waals surface area contributed by atoms with Gasteiger partial charge in [-0.2, -0.15) is 0 Å². The fourth-order valence-electron chi connectivity index (χ4n) is 3.65. The van der Waals surface area contributed by atoms with Crippen molar-refractivity contribution in [2.75, 3.05) is 13.2 Å². The van der Waals surface area contributed by atoms with E-state index >= 15 is 0 Å². The summed E-state index contributed by atoms with van der Waals surface area (Å²) in [6.07, 6.45) is 3.05. The summed E-state index contributed by atoms with van der Waals surface area (Å²) in [4.78, 5) is 3.33. The molecular formula is C26H28Cl2N2O2. The first-order valence-electron chi connectivity index (χ1n) is 10.6. The number of hydrogen-bond acceptors (Lipinski definition) is 3. The fraction of sp³-hybridized carbons (Fsp3) is 0.231. The summed E-state index contributed by atoms with van der Waals surface area (Å²) in [7, 11) is 0. The lowest BCUT2D eigenvalue weighted by Crippen LogP contribution is -2.16. The summed E-state index contributed by atoms with van der Waals surface area (Å²) in [5.74, 6) is 1.27. The Balaban J connectivity index is 0.00000289. The molecule has 1 heterocycles. The van der Waals surface area contributed by atoms with Gasteiger partial charge in [0.2, 0.25) is 0 Å². The number of aromatic amines is 1. The van der Waals surface area contributed by atoms with Crippen molar-refractivity contribution in [3.63, 3.8) is 0 Å². The number of ether oxygens (including phenoxy) is 2. The van der Waals surface area contributed by atoms with E-state index in [9.17, 15) is 0 Å². The normalized spacial score (nSPS) is 10.7. The van der Waals surface area contributed by atoms with Crippen molar-refractivity contribution < 1.29 is 9.47 Å². The van der Waals surface area contributed by atoms with Crippen LogP contribution in [0.5, 0.6) is 11.5 Å². The third-order valence-electron chi connectivity index (χ3n) is 5.17. The second kappa shape index (κ2) is 11.8. The van der Waals surface area contributed by atoms with E-state index in [1.165, 1.54) is 16.5 Å². The summed E-state index contributed by atoms with van der Waals surface area (Å²) in [6.45, 7) is 4.54. The summed E-state index contributed by atoms with van der Waals surface area (Å²) < 4.78 is 11.8. The lowest BCUT2D eigenvalue weighted by atomic mass is 10.1. The molecule has 0 amide bonds. The summed E-state index contributed by atoms with van der Waals surface area (Å²) >= 11 is 6.56. The minimum atomic E-state index is 0.